The fourth-order valence-electron chi connectivity index (χ4n) is 2.29. The van der Waals surface area contributed by atoms with Crippen molar-refractivity contribution in [1.82, 2.24) is 4.98 Å². The summed E-state index contributed by atoms with van der Waals surface area (Å²) in [6.45, 7) is 0. The van der Waals surface area contributed by atoms with Gasteiger partial charge in [-0.3, -0.25) is 4.57 Å². The van der Waals surface area contributed by atoms with Crippen LogP contribution in [-0.4, -0.2) is 19.2 Å². The maximum atomic E-state index is 12.1. The van der Waals surface area contributed by atoms with Crippen molar-refractivity contribution in [3.63, 3.8) is 0 Å². The van der Waals surface area contributed by atoms with Crippen LogP contribution in [0.2, 0.25) is 0 Å². The van der Waals surface area contributed by atoms with Crippen molar-refractivity contribution in [1.29, 1.82) is 0 Å². The van der Waals surface area contributed by atoms with Gasteiger partial charge in [0.1, 0.15) is 5.01 Å². The quantitative estimate of drug-likeness (QED) is 0.549. The molecule has 0 fully saturated rings. The minimum absolute atomic E-state index is 0.266. The van der Waals surface area contributed by atoms with Gasteiger partial charge in [-0.2, -0.15) is 0 Å². The van der Waals surface area contributed by atoms with Gasteiger partial charge in [0.2, 0.25) is 0 Å². The molecule has 6 heteroatoms. The van der Waals surface area contributed by atoms with Gasteiger partial charge >= 0.3 is 7.60 Å². The Hall–Kier alpha value is -1.78. The lowest BCUT2D eigenvalue weighted by Gasteiger charge is -2.13. The lowest BCUT2D eigenvalue weighted by molar-refractivity contribution is 0.275. The number of hydrogen-bond donors (Lipinski definition) is 0. The predicted molar refractivity (Wildman–Crippen MR) is 100 cm³/mol. The Morgan fingerprint density at radius 1 is 1.04 bits per heavy atom. The molecule has 0 aliphatic carbocycles. The monoisotopic (exact) mass is 359 g/mol. The number of para-hydroxylation sites is 1. The van der Waals surface area contributed by atoms with Crippen molar-refractivity contribution in [3.05, 3.63) is 64.7 Å². The molecule has 3 rings (SSSR count). The van der Waals surface area contributed by atoms with E-state index in [2.05, 4.69) is 11.1 Å². The van der Waals surface area contributed by atoms with E-state index in [1.807, 2.05) is 54.6 Å². The molecule has 0 spiro atoms. The van der Waals surface area contributed by atoms with Gasteiger partial charge in [-0.1, -0.05) is 42.5 Å². The molecular formula is C18H18NO3PS. The van der Waals surface area contributed by atoms with Gasteiger partial charge in [-0.15, -0.1) is 11.3 Å². The molecule has 0 saturated heterocycles. The third kappa shape index (κ3) is 4.00. The first-order valence-electron chi connectivity index (χ1n) is 7.45. The van der Waals surface area contributed by atoms with E-state index >= 15 is 0 Å². The highest BCUT2D eigenvalue weighted by Crippen LogP contribution is 2.49. The molecule has 1 aromatic heterocycles. The molecule has 124 valence electrons. The second kappa shape index (κ2) is 7.41. The Bertz CT molecular complexity index is 861. The minimum Gasteiger partial charge on any atom is -0.312 e. The Kier molecular flexibility index (Phi) is 5.27. The molecule has 2 aromatic carbocycles. The average molecular weight is 359 g/mol. The van der Waals surface area contributed by atoms with E-state index < -0.39 is 7.60 Å². The molecule has 4 nitrogen and oxygen atoms in total. The Balaban J connectivity index is 1.72. The summed E-state index contributed by atoms with van der Waals surface area (Å²) in [5.74, 6) is 0. The topological polar surface area (TPSA) is 48.4 Å². The summed E-state index contributed by atoms with van der Waals surface area (Å²) < 4.78 is 23.3. The predicted octanol–water partition coefficient (Wildman–Crippen LogP) is 5.45. The van der Waals surface area contributed by atoms with Crippen molar-refractivity contribution in [2.75, 3.05) is 14.2 Å². The fourth-order valence-corrected chi connectivity index (χ4v) is 4.23. The molecule has 0 aliphatic heterocycles. The summed E-state index contributed by atoms with van der Waals surface area (Å²) in [6, 6.07) is 15.9. The van der Waals surface area contributed by atoms with Crippen LogP contribution in [0, 0.1) is 0 Å². The second-order valence-electron chi connectivity index (χ2n) is 5.23. The zero-order valence-electron chi connectivity index (χ0n) is 13.5. The van der Waals surface area contributed by atoms with Crippen molar-refractivity contribution < 1.29 is 13.6 Å². The molecule has 0 unspecified atom stereocenters. The number of aromatic nitrogens is 1. The van der Waals surface area contributed by atoms with Crippen LogP contribution in [0.25, 0.3) is 22.4 Å². The van der Waals surface area contributed by atoms with Crippen LogP contribution in [0.1, 0.15) is 16.1 Å². The van der Waals surface area contributed by atoms with E-state index in [1.54, 1.807) is 11.3 Å². The summed E-state index contributed by atoms with van der Waals surface area (Å²) in [5, 5.41) is 0.976. The van der Waals surface area contributed by atoms with E-state index in [0.29, 0.717) is 0 Å². The van der Waals surface area contributed by atoms with Crippen LogP contribution in [0.15, 0.2) is 48.5 Å². The van der Waals surface area contributed by atoms with E-state index in [0.717, 1.165) is 21.7 Å². The number of benzene rings is 2. The number of rotatable bonds is 6. The molecule has 3 aromatic rings. The van der Waals surface area contributed by atoms with Crippen LogP contribution in [0.4, 0.5) is 0 Å². The fraction of sp³-hybridized carbons (Fsp3) is 0.167. The third-order valence-corrected chi connectivity index (χ3v) is 6.51. The van der Waals surface area contributed by atoms with Gasteiger partial charge in [0, 0.05) is 14.2 Å². The van der Waals surface area contributed by atoms with Gasteiger partial charge in [-0.05, 0) is 29.3 Å². The molecule has 0 amide bonds. The SMILES string of the molecule is COP(=O)(Cc1ccc(/C=C/c2nc3ccccc3s2)cc1)OC. The first-order valence-corrected chi connectivity index (χ1v) is 9.99. The number of thiazole rings is 1. The standard InChI is InChI=1S/C18H18NO3PS/c1-21-23(20,22-2)13-15-9-7-14(8-10-15)11-12-18-19-16-5-3-4-6-17(16)24-18/h3-12H,13H2,1-2H3/b12-11+. The maximum Gasteiger partial charge on any atom is 0.334 e. The normalized spacial score (nSPS) is 12.2. The molecule has 0 saturated carbocycles. The van der Waals surface area contributed by atoms with E-state index in [4.69, 9.17) is 9.05 Å². The highest BCUT2D eigenvalue weighted by Gasteiger charge is 2.21. The first-order chi connectivity index (χ1) is 11.6. The van der Waals surface area contributed by atoms with Gasteiger partial charge in [0.25, 0.3) is 0 Å². The van der Waals surface area contributed by atoms with Crippen molar-refractivity contribution in [2.45, 2.75) is 6.16 Å². The molecule has 0 atom stereocenters. The number of fused-ring (bicyclic) bond motifs is 1. The van der Waals surface area contributed by atoms with Crippen molar-refractivity contribution in [3.8, 4) is 0 Å². The van der Waals surface area contributed by atoms with Gasteiger partial charge in [0.05, 0.1) is 16.4 Å². The van der Waals surface area contributed by atoms with E-state index in [1.165, 1.54) is 18.9 Å². The first kappa shape index (κ1) is 17.1. The zero-order chi connectivity index (χ0) is 17.0. The van der Waals surface area contributed by atoms with E-state index in [-0.39, 0.29) is 6.16 Å². The largest absolute Gasteiger partial charge is 0.334 e. The summed E-state index contributed by atoms with van der Waals surface area (Å²) >= 11 is 1.67. The van der Waals surface area contributed by atoms with Gasteiger partial charge in [-0.25, -0.2) is 4.98 Å². The highest BCUT2D eigenvalue weighted by molar-refractivity contribution is 7.52. The number of nitrogens with zero attached hydrogens (tertiary/aromatic N) is 1. The molecule has 24 heavy (non-hydrogen) atoms. The Morgan fingerprint density at radius 3 is 2.42 bits per heavy atom. The Labute approximate surface area is 145 Å². The summed E-state index contributed by atoms with van der Waals surface area (Å²) in [6.07, 6.45) is 4.30. The van der Waals surface area contributed by atoms with Crippen LogP contribution < -0.4 is 0 Å². The highest BCUT2D eigenvalue weighted by atomic mass is 32.1. The van der Waals surface area contributed by atoms with E-state index in [9.17, 15) is 4.57 Å². The smallest absolute Gasteiger partial charge is 0.312 e. The minimum atomic E-state index is -3.02. The van der Waals surface area contributed by atoms with Crippen molar-refractivity contribution in [2.24, 2.45) is 0 Å². The van der Waals surface area contributed by atoms with Crippen LogP contribution in [0.3, 0.4) is 0 Å². The lowest BCUT2D eigenvalue weighted by atomic mass is 10.1. The summed E-state index contributed by atoms with van der Waals surface area (Å²) in [4.78, 5) is 4.58. The van der Waals surface area contributed by atoms with Crippen LogP contribution in [0.5, 0.6) is 0 Å². The summed E-state index contributed by atoms with van der Waals surface area (Å²) in [5.41, 5.74) is 2.99. The maximum absolute atomic E-state index is 12.1. The Morgan fingerprint density at radius 2 is 1.75 bits per heavy atom. The van der Waals surface area contributed by atoms with Crippen LogP contribution in [-0.2, 0) is 19.8 Å². The lowest BCUT2D eigenvalue weighted by Crippen LogP contribution is -1.93. The summed E-state index contributed by atoms with van der Waals surface area (Å²) in [7, 11) is -0.220. The third-order valence-electron chi connectivity index (χ3n) is 3.64. The molecular weight excluding hydrogens is 341 g/mol. The average Bonchev–Trinajstić information content (AvgIpc) is 3.04. The van der Waals surface area contributed by atoms with Gasteiger partial charge < -0.3 is 9.05 Å². The second-order valence-corrected chi connectivity index (χ2v) is 8.56. The molecule has 0 N–H and O–H groups in total. The van der Waals surface area contributed by atoms with Crippen molar-refractivity contribution >= 4 is 41.3 Å². The molecule has 0 aliphatic rings. The zero-order valence-corrected chi connectivity index (χ0v) is 15.2. The number of hydrogen-bond acceptors (Lipinski definition) is 5. The van der Waals surface area contributed by atoms with Crippen LogP contribution >= 0.6 is 18.9 Å². The molecule has 0 radical (unpaired) electrons. The molecule has 1 heterocycles. The molecule has 0 bridgehead atoms. The van der Waals surface area contributed by atoms with Gasteiger partial charge in [0.15, 0.2) is 0 Å².